The van der Waals surface area contributed by atoms with Crippen molar-refractivity contribution in [1.29, 1.82) is 0 Å². The zero-order valence-corrected chi connectivity index (χ0v) is 24.9. The van der Waals surface area contributed by atoms with E-state index in [1.54, 1.807) is 57.9 Å². The van der Waals surface area contributed by atoms with Crippen LogP contribution in [0.2, 0.25) is 0 Å². The smallest absolute Gasteiger partial charge is 0.251 e. The van der Waals surface area contributed by atoms with Crippen molar-refractivity contribution in [3.63, 3.8) is 0 Å². The number of amides is 3. The van der Waals surface area contributed by atoms with Gasteiger partial charge in [-0.2, -0.15) is 0 Å². The quantitative estimate of drug-likeness (QED) is 0.364. The Labute approximate surface area is 242 Å². The third-order valence-electron chi connectivity index (χ3n) is 8.69. The van der Waals surface area contributed by atoms with Gasteiger partial charge in [0.2, 0.25) is 11.8 Å². The third-order valence-corrected chi connectivity index (χ3v) is 10.6. The average molecular weight is 570 g/mol. The van der Waals surface area contributed by atoms with Crippen molar-refractivity contribution in [2.45, 2.75) is 62.1 Å². The van der Waals surface area contributed by atoms with E-state index in [4.69, 9.17) is 4.74 Å². The van der Waals surface area contributed by atoms with Crippen LogP contribution in [0, 0.1) is 17.8 Å². The van der Waals surface area contributed by atoms with E-state index in [1.165, 1.54) is 0 Å². The molecule has 8 nitrogen and oxygen atoms in total. The zero-order valence-electron chi connectivity index (χ0n) is 24.1. The maximum absolute atomic E-state index is 14.7. The first-order chi connectivity index (χ1) is 19.2. The first-order valence-corrected chi connectivity index (χ1v) is 15.1. The van der Waals surface area contributed by atoms with Gasteiger partial charge in [-0.15, -0.1) is 24.9 Å². The molecule has 0 aromatic heterocycles. The minimum Gasteiger partial charge on any atom is -0.497 e. The molecule has 2 bridgehead atoms. The van der Waals surface area contributed by atoms with Gasteiger partial charge in [-0.25, -0.2) is 0 Å². The van der Waals surface area contributed by atoms with Crippen molar-refractivity contribution in [1.82, 2.24) is 9.80 Å². The number of hydrogen-bond donors (Lipinski definition) is 1. The second-order valence-corrected chi connectivity index (χ2v) is 12.9. The van der Waals surface area contributed by atoms with Crippen LogP contribution in [0.1, 0.15) is 40.0 Å². The molecule has 0 aliphatic carbocycles. The van der Waals surface area contributed by atoms with Gasteiger partial charge in [0, 0.05) is 30.6 Å². The summed E-state index contributed by atoms with van der Waals surface area (Å²) in [7, 11) is 1.59. The Bertz CT molecular complexity index is 1120. The fraction of sp³-hybridized carbons (Fsp3) is 0.581. The fourth-order valence-electron chi connectivity index (χ4n) is 6.92. The number of rotatable bonds is 13. The molecule has 2 unspecified atom stereocenters. The van der Waals surface area contributed by atoms with E-state index in [9.17, 15) is 19.5 Å². The predicted octanol–water partition coefficient (Wildman–Crippen LogP) is 3.75. The highest BCUT2D eigenvalue weighted by atomic mass is 32.2. The first kappa shape index (κ1) is 30.2. The highest BCUT2D eigenvalue weighted by Crippen LogP contribution is 2.67. The van der Waals surface area contributed by atoms with Crippen LogP contribution in [0.4, 0.5) is 5.69 Å². The lowest BCUT2D eigenvalue weighted by Crippen LogP contribution is -2.58. The molecular formula is C31H43N3O5S. The summed E-state index contributed by atoms with van der Waals surface area (Å²) in [6, 6.07) is 5.90. The molecular weight excluding hydrogens is 526 g/mol. The number of carbonyl (C=O) groups excluding carboxylic acids is 3. The predicted molar refractivity (Wildman–Crippen MR) is 159 cm³/mol. The number of anilines is 1. The molecule has 3 amide bonds. The Hall–Kier alpha value is -2.78. The molecule has 4 rings (SSSR count). The average Bonchev–Trinajstić information content (AvgIpc) is 3.59. The summed E-state index contributed by atoms with van der Waals surface area (Å²) in [5.74, 6) is -0.957. The summed E-state index contributed by atoms with van der Waals surface area (Å²) < 4.78 is 4.57. The fourth-order valence-corrected chi connectivity index (χ4v) is 9.11. The third kappa shape index (κ3) is 4.96. The topological polar surface area (TPSA) is 90.4 Å². The van der Waals surface area contributed by atoms with Gasteiger partial charge in [-0.3, -0.25) is 14.4 Å². The van der Waals surface area contributed by atoms with Gasteiger partial charge in [0.15, 0.2) is 0 Å². The van der Waals surface area contributed by atoms with E-state index in [0.717, 1.165) is 12.8 Å². The van der Waals surface area contributed by atoms with Gasteiger partial charge >= 0.3 is 0 Å². The van der Waals surface area contributed by atoms with Crippen LogP contribution in [0.5, 0.6) is 5.75 Å². The van der Waals surface area contributed by atoms with Crippen molar-refractivity contribution >= 4 is 35.2 Å². The van der Waals surface area contributed by atoms with Gasteiger partial charge < -0.3 is 24.5 Å². The molecule has 0 radical (unpaired) electrons. The number of carbonyl (C=O) groups is 3. The van der Waals surface area contributed by atoms with E-state index < -0.39 is 28.7 Å². The number of likely N-dealkylation sites (tertiary alicyclic amines) is 1. The van der Waals surface area contributed by atoms with Crippen LogP contribution in [-0.2, 0) is 14.4 Å². The zero-order chi connectivity index (χ0) is 29.2. The van der Waals surface area contributed by atoms with Gasteiger partial charge in [-0.05, 0) is 49.4 Å². The molecule has 3 aliphatic rings. The SMILES string of the molecule is C=CCN(CCC)C(=O)[C@@H]1[C@@H]2CCC3(S2)C(C(=O)N(CC=C)c2ccc(OC)cc2)N([C@@H](CO)C(C)C)C(=O)[C@H]13. The molecule has 3 heterocycles. The number of nitrogens with zero attached hydrogens (tertiary/aromatic N) is 3. The summed E-state index contributed by atoms with van der Waals surface area (Å²) in [4.78, 5) is 48.2. The Morgan fingerprint density at radius 1 is 1.20 bits per heavy atom. The van der Waals surface area contributed by atoms with Crippen LogP contribution < -0.4 is 9.64 Å². The van der Waals surface area contributed by atoms with Crippen LogP contribution >= 0.6 is 11.8 Å². The lowest BCUT2D eigenvalue weighted by molar-refractivity contribution is -0.146. The van der Waals surface area contributed by atoms with Crippen molar-refractivity contribution in [2.75, 3.05) is 38.3 Å². The molecule has 1 spiro atoms. The molecule has 40 heavy (non-hydrogen) atoms. The van der Waals surface area contributed by atoms with Crippen molar-refractivity contribution < 1.29 is 24.2 Å². The molecule has 3 fully saturated rings. The molecule has 3 aliphatic heterocycles. The molecule has 1 aromatic rings. The van der Waals surface area contributed by atoms with E-state index in [2.05, 4.69) is 13.2 Å². The van der Waals surface area contributed by atoms with Gasteiger partial charge in [-0.1, -0.05) is 32.9 Å². The van der Waals surface area contributed by atoms with Gasteiger partial charge in [0.1, 0.15) is 11.8 Å². The molecule has 1 N–H and O–H groups in total. The lowest BCUT2D eigenvalue weighted by Gasteiger charge is -2.40. The van der Waals surface area contributed by atoms with Crippen LogP contribution in [0.3, 0.4) is 0 Å². The summed E-state index contributed by atoms with van der Waals surface area (Å²) >= 11 is 1.65. The number of ether oxygens (including phenoxy) is 1. The Kier molecular flexibility index (Phi) is 9.35. The number of methoxy groups -OCH3 is 1. The molecule has 0 saturated carbocycles. The minimum absolute atomic E-state index is 0.0245. The van der Waals surface area contributed by atoms with Crippen molar-refractivity contribution in [2.24, 2.45) is 17.8 Å². The van der Waals surface area contributed by atoms with Crippen LogP contribution in [0.25, 0.3) is 0 Å². The largest absolute Gasteiger partial charge is 0.497 e. The van der Waals surface area contributed by atoms with Gasteiger partial charge in [0.05, 0.1) is 36.3 Å². The van der Waals surface area contributed by atoms with Crippen LogP contribution in [-0.4, -0.2) is 88.1 Å². The van der Waals surface area contributed by atoms with E-state index in [0.29, 0.717) is 30.9 Å². The Morgan fingerprint density at radius 2 is 1.88 bits per heavy atom. The van der Waals surface area contributed by atoms with Crippen molar-refractivity contribution in [3.8, 4) is 5.75 Å². The summed E-state index contributed by atoms with van der Waals surface area (Å²) in [6.07, 6.45) is 5.64. The number of fused-ring (bicyclic) bond motifs is 1. The maximum Gasteiger partial charge on any atom is 0.251 e. The minimum atomic E-state index is -0.807. The standard InChI is InChI=1S/C31H43N3O5S/c1-7-16-32(17-8-2)28(36)25-24-14-15-31(40-24)26(25)29(37)34(23(19-35)20(4)5)27(31)30(38)33(18-9-3)21-10-12-22(39-6)13-11-21/h7,9-13,20,23-27,35H,1,3,8,14-19H2,2,4-6H3/t23-,24-,25+,26-,27?,31?/m0/s1. The number of thioether (sulfide) groups is 1. The molecule has 3 saturated heterocycles. The monoisotopic (exact) mass is 569 g/mol. The molecule has 6 atom stereocenters. The number of aliphatic hydroxyl groups excluding tert-OH is 1. The van der Waals surface area contributed by atoms with E-state index in [1.807, 2.05) is 32.9 Å². The number of benzene rings is 1. The number of aliphatic hydroxyl groups is 1. The molecule has 218 valence electrons. The molecule has 1 aromatic carbocycles. The lowest BCUT2D eigenvalue weighted by atomic mass is 9.70. The highest BCUT2D eigenvalue weighted by molar-refractivity contribution is 8.02. The van der Waals surface area contributed by atoms with Gasteiger partial charge in [0.25, 0.3) is 5.91 Å². The van der Waals surface area contributed by atoms with Crippen molar-refractivity contribution in [3.05, 3.63) is 49.6 Å². The second kappa shape index (κ2) is 12.4. The maximum atomic E-state index is 14.7. The van der Waals surface area contributed by atoms with E-state index in [-0.39, 0.29) is 42.0 Å². The summed E-state index contributed by atoms with van der Waals surface area (Å²) in [5.41, 5.74) is 0.674. The Balaban J connectivity index is 1.81. The van der Waals surface area contributed by atoms with Crippen LogP contribution in [0.15, 0.2) is 49.6 Å². The highest BCUT2D eigenvalue weighted by Gasteiger charge is 2.74. The first-order valence-electron chi connectivity index (χ1n) is 14.3. The summed E-state index contributed by atoms with van der Waals surface area (Å²) in [6.45, 7) is 14.7. The van der Waals surface area contributed by atoms with E-state index >= 15 is 0 Å². The summed E-state index contributed by atoms with van der Waals surface area (Å²) in [5, 5.41) is 10.5. The second-order valence-electron chi connectivity index (χ2n) is 11.3. The molecule has 9 heteroatoms. The Morgan fingerprint density at radius 3 is 2.42 bits per heavy atom. The normalized spacial score (nSPS) is 27.4. The number of hydrogen-bond acceptors (Lipinski definition) is 6.